The molecule has 0 fully saturated rings. The van der Waals surface area contributed by atoms with E-state index in [9.17, 15) is 20.2 Å². The van der Waals surface area contributed by atoms with Crippen LogP contribution in [0.3, 0.4) is 0 Å². The van der Waals surface area contributed by atoms with E-state index in [0.717, 1.165) is 61.0 Å². The monoisotopic (exact) mass is 538 g/mol. The summed E-state index contributed by atoms with van der Waals surface area (Å²) in [4.78, 5) is 23.8. The van der Waals surface area contributed by atoms with Gasteiger partial charge in [-0.3, -0.25) is 25.1 Å². The molecule has 0 unspecified atom stereocenters. The summed E-state index contributed by atoms with van der Waals surface area (Å²) in [6, 6.07) is 30.2. The van der Waals surface area contributed by atoms with Gasteiger partial charge in [0.05, 0.1) is 9.85 Å². The van der Waals surface area contributed by atoms with E-state index in [1.807, 2.05) is 59.5 Å². The summed E-state index contributed by atoms with van der Waals surface area (Å²) in [6.07, 6.45) is 0. The molecular weight excluding hydrogens is 520 g/mol. The molecule has 0 aliphatic rings. The maximum atomic E-state index is 11.4. The summed E-state index contributed by atoms with van der Waals surface area (Å²) in [6.45, 7) is 0. The number of nitrogen functional groups attached to an aromatic ring is 1. The first-order chi connectivity index (χ1) is 18.4. The van der Waals surface area contributed by atoms with Crippen molar-refractivity contribution in [2.75, 3.05) is 10.6 Å². The Bertz CT molecular complexity index is 1810. The van der Waals surface area contributed by atoms with E-state index in [2.05, 4.69) is 18.2 Å². The van der Waals surface area contributed by atoms with E-state index in [-0.39, 0.29) is 10.0 Å². The molecule has 186 valence electrons. The molecule has 2 N–H and O–H groups in total. The Labute approximate surface area is 224 Å². The zero-order valence-electron chi connectivity index (χ0n) is 19.6. The highest BCUT2D eigenvalue weighted by molar-refractivity contribution is 7.21. The van der Waals surface area contributed by atoms with Gasteiger partial charge in [-0.1, -0.05) is 42.5 Å². The summed E-state index contributed by atoms with van der Waals surface area (Å²) in [5.74, 6) is 0. The third kappa shape index (κ3) is 4.11. The van der Waals surface area contributed by atoms with Gasteiger partial charge in [0.25, 0.3) is 0 Å². The van der Waals surface area contributed by atoms with E-state index >= 15 is 0 Å². The second kappa shape index (κ2) is 9.25. The number of fused-ring (bicyclic) bond motifs is 2. The van der Waals surface area contributed by atoms with Crippen LogP contribution in [0.1, 0.15) is 0 Å². The summed E-state index contributed by atoms with van der Waals surface area (Å²) < 4.78 is 0. The number of thiophene rings is 2. The minimum Gasteiger partial charge on any atom is -0.399 e. The first-order valence-electron chi connectivity index (χ1n) is 11.5. The van der Waals surface area contributed by atoms with Crippen LogP contribution < -0.4 is 10.6 Å². The lowest BCUT2D eigenvalue weighted by Crippen LogP contribution is -2.06. The predicted octanol–water partition coefficient (Wildman–Crippen LogP) is 8.65. The van der Waals surface area contributed by atoms with Crippen molar-refractivity contribution in [3.05, 3.63) is 117 Å². The zero-order chi connectivity index (χ0) is 26.4. The van der Waals surface area contributed by atoms with Crippen LogP contribution in [-0.2, 0) is 0 Å². The van der Waals surface area contributed by atoms with Gasteiger partial charge in [0.2, 0.25) is 0 Å². The number of nitrogens with two attached hydrogens (primary N) is 1. The highest BCUT2D eigenvalue weighted by atomic mass is 32.1. The average molecular weight is 539 g/mol. The van der Waals surface area contributed by atoms with Gasteiger partial charge in [0.15, 0.2) is 0 Å². The third-order valence-corrected chi connectivity index (χ3v) is 8.30. The van der Waals surface area contributed by atoms with Crippen LogP contribution in [-0.4, -0.2) is 9.85 Å². The molecule has 6 aromatic rings. The maximum absolute atomic E-state index is 11.4. The van der Waals surface area contributed by atoms with Crippen molar-refractivity contribution in [1.29, 1.82) is 0 Å². The number of nitro groups is 2. The minimum atomic E-state index is -0.436. The lowest BCUT2D eigenvalue weighted by Gasteiger charge is -2.22. The zero-order valence-corrected chi connectivity index (χ0v) is 21.2. The molecule has 10 heteroatoms. The first kappa shape index (κ1) is 23.6. The number of benzene rings is 4. The van der Waals surface area contributed by atoms with Crippen LogP contribution >= 0.6 is 22.7 Å². The molecule has 0 saturated carbocycles. The van der Waals surface area contributed by atoms with Crippen molar-refractivity contribution < 1.29 is 9.85 Å². The van der Waals surface area contributed by atoms with Crippen molar-refractivity contribution >= 4 is 75.6 Å². The molecular formula is C28H18N4O4S2. The molecule has 2 heterocycles. The van der Waals surface area contributed by atoms with Gasteiger partial charge < -0.3 is 5.73 Å². The fraction of sp³-hybridized carbons (Fsp3) is 0. The van der Waals surface area contributed by atoms with Gasteiger partial charge in [0, 0.05) is 23.5 Å². The molecule has 0 aliphatic heterocycles. The van der Waals surface area contributed by atoms with E-state index < -0.39 is 9.85 Å². The molecule has 0 saturated heterocycles. The summed E-state index contributed by atoms with van der Waals surface area (Å²) >= 11 is 2.03. The lowest BCUT2D eigenvalue weighted by molar-refractivity contribution is -0.380. The predicted molar refractivity (Wildman–Crippen MR) is 155 cm³/mol. The number of hydrogen-bond donors (Lipinski definition) is 1. The molecule has 0 amide bonds. The molecule has 0 spiro atoms. The molecule has 0 atom stereocenters. The second-order valence-corrected chi connectivity index (χ2v) is 10.7. The molecule has 8 nitrogen and oxygen atoms in total. The van der Waals surface area contributed by atoms with E-state index in [1.54, 1.807) is 12.1 Å². The van der Waals surface area contributed by atoms with Crippen LogP contribution in [0.15, 0.2) is 97.1 Å². The van der Waals surface area contributed by atoms with E-state index in [1.165, 1.54) is 12.1 Å². The summed E-state index contributed by atoms with van der Waals surface area (Å²) in [7, 11) is 0. The fourth-order valence-corrected chi connectivity index (χ4v) is 6.35. The van der Waals surface area contributed by atoms with Gasteiger partial charge in [0.1, 0.15) is 10.0 Å². The van der Waals surface area contributed by atoms with Crippen molar-refractivity contribution in [3.63, 3.8) is 0 Å². The number of rotatable bonds is 6. The Morgan fingerprint density at radius 2 is 1.26 bits per heavy atom. The van der Waals surface area contributed by atoms with Gasteiger partial charge >= 0.3 is 10.0 Å². The minimum absolute atomic E-state index is 0.00889. The van der Waals surface area contributed by atoms with Crippen LogP contribution in [0.2, 0.25) is 0 Å². The van der Waals surface area contributed by atoms with Crippen LogP contribution in [0.5, 0.6) is 0 Å². The molecule has 0 bridgehead atoms. The Morgan fingerprint density at radius 1 is 0.658 bits per heavy atom. The van der Waals surface area contributed by atoms with Gasteiger partial charge in [-0.15, -0.1) is 0 Å². The first-order valence-corrected chi connectivity index (χ1v) is 13.1. The van der Waals surface area contributed by atoms with Gasteiger partial charge in [-0.2, -0.15) is 0 Å². The van der Waals surface area contributed by atoms with Crippen molar-refractivity contribution in [2.24, 2.45) is 0 Å². The molecule has 38 heavy (non-hydrogen) atoms. The Balaban J connectivity index is 1.62. The average Bonchev–Trinajstić information content (AvgIpc) is 3.59. The lowest BCUT2D eigenvalue weighted by atomic mass is 9.91. The fourth-order valence-electron chi connectivity index (χ4n) is 4.58. The highest BCUT2D eigenvalue weighted by Crippen LogP contribution is 2.47. The van der Waals surface area contributed by atoms with Crippen molar-refractivity contribution in [2.45, 2.75) is 0 Å². The van der Waals surface area contributed by atoms with Crippen LogP contribution in [0.4, 0.5) is 31.4 Å². The quantitative estimate of drug-likeness (QED) is 0.0982. The molecule has 0 aliphatic carbocycles. The van der Waals surface area contributed by atoms with Crippen LogP contribution in [0, 0.1) is 20.2 Å². The Morgan fingerprint density at radius 3 is 1.87 bits per heavy atom. The number of hydrogen-bond acceptors (Lipinski definition) is 8. The third-order valence-electron chi connectivity index (χ3n) is 6.26. The largest absolute Gasteiger partial charge is 0.399 e. The second-order valence-electron chi connectivity index (χ2n) is 8.57. The van der Waals surface area contributed by atoms with E-state index in [0.29, 0.717) is 15.7 Å². The molecule has 4 aromatic carbocycles. The van der Waals surface area contributed by atoms with Gasteiger partial charge in [-0.05, 0) is 97.8 Å². The SMILES string of the molecule is Nc1ccc(-c2c3ccccc3cc3ccc(N(c4ccc([N+](=O)[O-])s4)c4ccc([N+](=O)[O-])s4)cc23)cc1. The molecule has 6 rings (SSSR count). The molecule has 2 aromatic heterocycles. The van der Waals surface area contributed by atoms with E-state index in [4.69, 9.17) is 5.73 Å². The number of anilines is 4. The molecule has 0 radical (unpaired) electrons. The topological polar surface area (TPSA) is 116 Å². The van der Waals surface area contributed by atoms with Crippen molar-refractivity contribution in [3.8, 4) is 11.1 Å². The Hall–Kier alpha value is -4.80. The van der Waals surface area contributed by atoms with Crippen LogP contribution in [0.25, 0.3) is 32.7 Å². The Kier molecular flexibility index (Phi) is 5.74. The smallest absolute Gasteiger partial charge is 0.326 e. The standard InChI is InChI=1S/C28H18N4O4S2/c29-20-8-5-17(6-9-20)28-22-4-2-1-3-18(22)15-19-7-10-21(16-23(19)28)30(24-11-13-26(37-24)31(33)34)25-12-14-27(38-25)32(35)36/h1-16H,29H2. The number of nitrogens with zero attached hydrogens (tertiary/aromatic N) is 3. The highest BCUT2D eigenvalue weighted by Gasteiger charge is 2.23. The van der Waals surface area contributed by atoms with Gasteiger partial charge in [-0.25, -0.2) is 0 Å². The summed E-state index contributed by atoms with van der Waals surface area (Å²) in [5, 5.41) is 28.2. The summed E-state index contributed by atoms with van der Waals surface area (Å²) in [5.41, 5.74) is 9.41. The van der Waals surface area contributed by atoms with Crippen molar-refractivity contribution in [1.82, 2.24) is 0 Å². The normalized spacial score (nSPS) is 11.2. The maximum Gasteiger partial charge on any atom is 0.326 e.